The fourth-order valence-electron chi connectivity index (χ4n) is 3.50. The molecular formula is C16H23FN2O4S2. The van der Waals surface area contributed by atoms with Crippen LogP contribution < -0.4 is 0 Å². The van der Waals surface area contributed by atoms with Gasteiger partial charge in [0.1, 0.15) is 5.82 Å². The normalized spacial score (nSPS) is 26.6. The lowest BCUT2D eigenvalue weighted by atomic mass is 10.1. The lowest BCUT2D eigenvalue weighted by Gasteiger charge is -2.38. The average Bonchev–Trinajstić information content (AvgIpc) is 2.96. The van der Waals surface area contributed by atoms with E-state index in [1.807, 2.05) is 6.92 Å². The summed E-state index contributed by atoms with van der Waals surface area (Å²) in [5.74, 6) is -0.585. The Morgan fingerprint density at radius 1 is 1.12 bits per heavy atom. The monoisotopic (exact) mass is 390 g/mol. The second-order valence-corrected chi connectivity index (χ2v) is 11.2. The molecule has 2 aliphatic rings. The standard InChI is InChI=1S/C16H23FN2O4S2/c1-13(14-2-4-15(17)5-3-14)18-7-9-19(10-8-18)25(22,23)16-6-11-24(20,21)12-16/h2-5,13,16H,6-12H2,1H3. The van der Waals surface area contributed by atoms with Gasteiger partial charge in [0.2, 0.25) is 10.0 Å². The Bertz CT molecular complexity index is 816. The summed E-state index contributed by atoms with van der Waals surface area (Å²) >= 11 is 0. The lowest BCUT2D eigenvalue weighted by Crippen LogP contribution is -2.51. The van der Waals surface area contributed by atoms with E-state index in [-0.39, 0.29) is 29.8 Å². The fourth-order valence-corrected chi connectivity index (χ4v) is 8.02. The molecule has 3 rings (SSSR count). The summed E-state index contributed by atoms with van der Waals surface area (Å²) < 4.78 is 62.9. The predicted octanol–water partition coefficient (Wildman–Crippen LogP) is 1.02. The molecule has 0 aliphatic carbocycles. The maximum Gasteiger partial charge on any atom is 0.218 e. The van der Waals surface area contributed by atoms with Crippen molar-refractivity contribution < 1.29 is 21.2 Å². The van der Waals surface area contributed by atoms with E-state index in [2.05, 4.69) is 4.90 Å². The van der Waals surface area contributed by atoms with Gasteiger partial charge in [0.15, 0.2) is 9.84 Å². The molecule has 2 aliphatic heterocycles. The first kappa shape index (κ1) is 18.8. The number of nitrogens with zero attached hydrogens (tertiary/aromatic N) is 2. The third-order valence-corrected chi connectivity index (χ3v) is 9.45. The molecule has 0 aromatic heterocycles. The van der Waals surface area contributed by atoms with Crippen molar-refractivity contribution >= 4 is 19.9 Å². The zero-order valence-corrected chi connectivity index (χ0v) is 15.8. The van der Waals surface area contributed by atoms with Crippen LogP contribution in [0.25, 0.3) is 0 Å². The van der Waals surface area contributed by atoms with E-state index < -0.39 is 25.1 Å². The van der Waals surface area contributed by atoms with Crippen LogP contribution in [-0.2, 0) is 19.9 Å². The minimum atomic E-state index is -3.57. The predicted molar refractivity (Wildman–Crippen MR) is 93.9 cm³/mol. The Kier molecular flexibility index (Phi) is 5.21. The van der Waals surface area contributed by atoms with Crippen molar-refractivity contribution in [2.24, 2.45) is 0 Å². The summed E-state index contributed by atoms with van der Waals surface area (Å²) in [4.78, 5) is 2.16. The van der Waals surface area contributed by atoms with Crippen LogP contribution in [0.2, 0.25) is 0 Å². The Labute approximate surface area is 148 Å². The van der Waals surface area contributed by atoms with E-state index in [0.29, 0.717) is 26.2 Å². The van der Waals surface area contributed by atoms with Gasteiger partial charge in [-0.25, -0.2) is 21.2 Å². The molecule has 2 fully saturated rings. The zero-order chi connectivity index (χ0) is 18.2. The molecule has 2 heterocycles. The molecule has 140 valence electrons. The zero-order valence-electron chi connectivity index (χ0n) is 14.1. The van der Waals surface area contributed by atoms with Crippen LogP contribution in [0.1, 0.15) is 24.9 Å². The van der Waals surface area contributed by atoms with Gasteiger partial charge < -0.3 is 0 Å². The van der Waals surface area contributed by atoms with E-state index in [1.165, 1.54) is 16.4 Å². The average molecular weight is 391 g/mol. The van der Waals surface area contributed by atoms with Crippen LogP contribution in [0.4, 0.5) is 4.39 Å². The summed E-state index contributed by atoms with van der Waals surface area (Å²) in [6.07, 6.45) is 0.191. The summed E-state index contributed by atoms with van der Waals surface area (Å²) in [6, 6.07) is 6.40. The van der Waals surface area contributed by atoms with Gasteiger partial charge in [-0.05, 0) is 31.0 Å². The van der Waals surface area contributed by atoms with Crippen molar-refractivity contribution in [3.8, 4) is 0 Å². The van der Waals surface area contributed by atoms with E-state index in [4.69, 9.17) is 0 Å². The SMILES string of the molecule is CC(c1ccc(F)cc1)N1CCN(S(=O)(=O)C2CCS(=O)(=O)C2)CC1. The van der Waals surface area contributed by atoms with Crippen LogP contribution in [0, 0.1) is 5.82 Å². The Hall–Kier alpha value is -1.03. The second-order valence-electron chi connectivity index (χ2n) is 6.73. The van der Waals surface area contributed by atoms with Gasteiger partial charge in [0, 0.05) is 32.2 Å². The highest BCUT2D eigenvalue weighted by atomic mass is 32.2. The van der Waals surface area contributed by atoms with Crippen LogP contribution in [-0.4, -0.2) is 69.0 Å². The Morgan fingerprint density at radius 3 is 2.24 bits per heavy atom. The van der Waals surface area contributed by atoms with Crippen molar-refractivity contribution in [1.82, 2.24) is 9.21 Å². The van der Waals surface area contributed by atoms with Gasteiger partial charge in [-0.1, -0.05) is 12.1 Å². The molecule has 2 saturated heterocycles. The Morgan fingerprint density at radius 2 is 1.72 bits per heavy atom. The number of hydrogen-bond donors (Lipinski definition) is 0. The highest BCUT2D eigenvalue weighted by Crippen LogP contribution is 2.26. The number of hydrogen-bond acceptors (Lipinski definition) is 5. The van der Waals surface area contributed by atoms with E-state index >= 15 is 0 Å². The number of piperazine rings is 1. The third kappa shape index (κ3) is 4.05. The molecule has 0 saturated carbocycles. The van der Waals surface area contributed by atoms with Gasteiger partial charge in [-0.2, -0.15) is 4.31 Å². The molecule has 9 heteroatoms. The number of halogens is 1. The summed E-state index contributed by atoms with van der Waals surface area (Å²) in [6.45, 7) is 3.85. The minimum absolute atomic E-state index is 0.0432. The van der Waals surface area contributed by atoms with Gasteiger partial charge >= 0.3 is 0 Å². The molecule has 6 nitrogen and oxygen atoms in total. The number of benzene rings is 1. The number of sulfonamides is 1. The summed E-state index contributed by atoms with van der Waals surface area (Å²) in [5, 5.41) is -0.807. The van der Waals surface area contributed by atoms with E-state index in [1.54, 1.807) is 12.1 Å². The summed E-state index contributed by atoms with van der Waals surface area (Å²) in [5.41, 5.74) is 0.986. The van der Waals surface area contributed by atoms with Crippen molar-refractivity contribution in [3.63, 3.8) is 0 Å². The fraction of sp³-hybridized carbons (Fsp3) is 0.625. The maximum absolute atomic E-state index is 13.0. The maximum atomic E-state index is 13.0. The number of rotatable bonds is 4. The largest absolute Gasteiger partial charge is 0.294 e. The second kappa shape index (κ2) is 6.94. The third-order valence-electron chi connectivity index (χ3n) is 5.15. The van der Waals surface area contributed by atoms with E-state index in [9.17, 15) is 21.2 Å². The number of sulfone groups is 1. The van der Waals surface area contributed by atoms with Crippen LogP contribution >= 0.6 is 0 Å². The smallest absolute Gasteiger partial charge is 0.218 e. The van der Waals surface area contributed by atoms with Gasteiger partial charge in [-0.15, -0.1) is 0 Å². The summed E-state index contributed by atoms with van der Waals surface area (Å²) in [7, 11) is -6.80. The molecule has 0 N–H and O–H groups in total. The lowest BCUT2D eigenvalue weighted by molar-refractivity contribution is 0.145. The van der Waals surface area contributed by atoms with Crippen molar-refractivity contribution in [2.75, 3.05) is 37.7 Å². The minimum Gasteiger partial charge on any atom is -0.294 e. The molecule has 0 spiro atoms. The first-order valence-electron chi connectivity index (χ1n) is 8.38. The first-order chi connectivity index (χ1) is 11.7. The molecule has 2 atom stereocenters. The molecule has 0 amide bonds. The van der Waals surface area contributed by atoms with Crippen molar-refractivity contribution in [3.05, 3.63) is 35.6 Å². The molecule has 25 heavy (non-hydrogen) atoms. The topological polar surface area (TPSA) is 74.8 Å². The van der Waals surface area contributed by atoms with Crippen molar-refractivity contribution in [1.29, 1.82) is 0 Å². The molecule has 0 bridgehead atoms. The molecule has 2 unspecified atom stereocenters. The highest BCUT2D eigenvalue weighted by Gasteiger charge is 2.41. The highest BCUT2D eigenvalue weighted by molar-refractivity contribution is 7.95. The van der Waals surface area contributed by atoms with Crippen molar-refractivity contribution in [2.45, 2.75) is 24.6 Å². The molecule has 1 aromatic rings. The van der Waals surface area contributed by atoms with E-state index in [0.717, 1.165) is 5.56 Å². The van der Waals surface area contributed by atoms with Crippen LogP contribution in [0.3, 0.4) is 0 Å². The van der Waals surface area contributed by atoms with Gasteiger partial charge in [0.05, 0.1) is 16.8 Å². The molecular weight excluding hydrogens is 367 g/mol. The molecule has 0 radical (unpaired) electrons. The van der Waals surface area contributed by atoms with Crippen LogP contribution in [0.15, 0.2) is 24.3 Å². The van der Waals surface area contributed by atoms with Gasteiger partial charge in [-0.3, -0.25) is 4.90 Å². The van der Waals surface area contributed by atoms with Gasteiger partial charge in [0.25, 0.3) is 0 Å². The quantitative estimate of drug-likeness (QED) is 0.767. The van der Waals surface area contributed by atoms with Crippen LogP contribution in [0.5, 0.6) is 0 Å². The first-order valence-corrected chi connectivity index (χ1v) is 11.7. The molecule has 1 aromatic carbocycles. The Balaban J connectivity index is 1.62.